The molecule has 1 saturated heterocycles. The summed E-state index contributed by atoms with van der Waals surface area (Å²) in [5.41, 5.74) is 1.31. The largest absolute Gasteiger partial charge is 0.300 e. The maximum atomic E-state index is 14.1. The van der Waals surface area contributed by atoms with Crippen molar-refractivity contribution in [2.75, 3.05) is 38.1 Å². The lowest BCUT2D eigenvalue weighted by Crippen LogP contribution is -2.40. The van der Waals surface area contributed by atoms with Gasteiger partial charge >= 0.3 is 0 Å². The lowest BCUT2D eigenvalue weighted by Gasteiger charge is -2.27. The maximum Gasteiger partial charge on any atom is 0.227 e. The van der Waals surface area contributed by atoms with Gasteiger partial charge in [-0.25, -0.2) is 9.37 Å². The average molecular weight is 384 g/mol. The van der Waals surface area contributed by atoms with Gasteiger partial charge in [-0.3, -0.25) is 19.5 Å². The molecule has 3 rings (SSSR count). The fourth-order valence-electron chi connectivity index (χ4n) is 3.73. The molecular weight excluding hydrogens is 355 g/mol. The van der Waals surface area contributed by atoms with Gasteiger partial charge in [0.2, 0.25) is 5.91 Å². The normalized spacial score (nSPS) is 17.2. The lowest BCUT2D eigenvalue weighted by atomic mass is 10.1. The Morgan fingerprint density at radius 3 is 2.75 bits per heavy atom. The first-order chi connectivity index (χ1) is 13.6. The predicted molar refractivity (Wildman–Crippen MR) is 110 cm³/mol. The molecule has 150 valence electrons. The Labute approximate surface area is 166 Å². The van der Waals surface area contributed by atoms with Gasteiger partial charge in [-0.2, -0.15) is 0 Å². The van der Waals surface area contributed by atoms with E-state index in [0.717, 1.165) is 32.6 Å². The number of likely N-dealkylation sites (tertiary alicyclic amines) is 1. The van der Waals surface area contributed by atoms with Crippen molar-refractivity contribution in [3.63, 3.8) is 0 Å². The van der Waals surface area contributed by atoms with E-state index in [1.165, 1.54) is 22.7 Å². The van der Waals surface area contributed by atoms with E-state index in [4.69, 9.17) is 0 Å². The van der Waals surface area contributed by atoms with Crippen LogP contribution in [0.4, 0.5) is 10.2 Å². The van der Waals surface area contributed by atoms with Crippen LogP contribution in [-0.4, -0.2) is 60.0 Å². The van der Waals surface area contributed by atoms with E-state index in [0.29, 0.717) is 19.0 Å². The van der Waals surface area contributed by atoms with Crippen LogP contribution in [0.2, 0.25) is 0 Å². The van der Waals surface area contributed by atoms with Crippen LogP contribution in [0.3, 0.4) is 0 Å². The van der Waals surface area contributed by atoms with Gasteiger partial charge in [0.15, 0.2) is 11.6 Å². The second-order valence-corrected chi connectivity index (χ2v) is 7.35. The number of pyridine rings is 1. The highest BCUT2D eigenvalue weighted by Crippen LogP contribution is 2.19. The van der Waals surface area contributed by atoms with Gasteiger partial charge < -0.3 is 0 Å². The first-order valence-electron chi connectivity index (χ1n) is 9.96. The molecule has 1 amide bonds. The summed E-state index contributed by atoms with van der Waals surface area (Å²) in [6, 6.07) is 13.9. The van der Waals surface area contributed by atoms with Gasteiger partial charge in [-0.15, -0.1) is 0 Å². The zero-order chi connectivity index (χ0) is 19.9. The molecule has 1 atom stereocenters. The Morgan fingerprint density at radius 2 is 2.04 bits per heavy atom. The van der Waals surface area contributed by atoms with Gasteiger partial charge in [0, 0.05) is 44.8 Å². The molecule has 28 heavy (non-hydrogen) atoms. The fourth-order valence-corrected chi connectivity index (χ4v) is 3.73. The van der Waals surface area contributed by atoms with Crippen molar-refractivity contribution in [3.05, 3.63) is 60.0 Å². The molecule has 1 aliphatic heterocycles. The zero-order valence-electron chi connectivity index (χ0n) is 16.7. The molecule has 1 aliphatic rings. The summed E-state index contributed by atoms with van der Waals surface area (Å²) < 4.78 is 14.1. The highest BCUT2D eigenvalue weighted by molar-refractivity contribution is 5.92. The maximum absolute atomic E-state index is 14.1. The van der Waals surface area contributed by atoms with Crippen molar-refractivity contribution in [2.24, 2.45) is 0 Å². The number of amides is 1. The number of hydrogen-bond donors (Lipinski definition) is 0. The summed E-state index contributed by atoms with van der Waals surface area (Å²) in [7, 11) is 2.16. The number of likely N-dealkylation sites (N-methyl/N-ethyl adjacent to an activating group) is 1. The van der Waals surface area contributed by atoms with Gasteiger partial charge in [-0.05, 0) is 37.7 Å². The Hall–Kier alpha value is -2.31. The van der Waals surface area contributed by atoms with Crippen LogP contribution in [0.5, 0.6) is 0 Å². The third-order valence-corrected chi connectivity index (χ3v) is 5.38. The minimum absolute atomic E-state index is 0.102. The average Bonchev–Trinajstić information content (AvgIpc) is 3.19. The van der Waals surface area contributed by atoms with Crippen molar-refractivity contribution in [1.82, 2.24) is 14.8 Å². The third-order valence-electron chi connectivity index (χ3n) is 5.38. The molecule has 0 N–H and O–H groups in total. The van der Waals surface area contributed by atoms with E-state index in [1.807, 2.05) is 6.07 Å². The van der Waals surface area contributed by atoms with E-state index in [1.54, 1.807) is 13.0 Å². The van der Waals surface area contributed by atoms with E-state index < -0.39 is 5.82 Å². The van der Waals surface area contributed by atoms with Crippen LogP contribution in [0.1, 0.15) is 25.3 Å². The number of nitrogens with zero attached hydrogens (tertiary/aromatic N) is 4. The zero-order valence-corrected chi connectivity index (χ0v) is 16.7. The third kappa shape index (κ3) is 5.14. The van der Waals surface area contributed by atoms with Crippen LogP contribution in [0, 0.1) is 5.82 Å². The molecular formula is C22H29FN4O. The molecule has 6 heteroatoms. The quantitative estimate of drug-likeness (QED) is 0.701. The standard InChI is InChI=1S/C22H29FN4O/c1-3-21(28)27(22-20(23)10-7-12-24-22)15-14-26-13-11-19(17-26)25(2)16-18-8-5-4-6-9-18/h4-10,12,19H,3,11,13-17H2,1-2H3. The summed E-state index contributed by atoms with van der Waals surface area (Å²) in [6.07, 6.45) is 2.96. The van der Waals surface area contributed by atoms with Crippen LogP contribution < -0.4 is 4.90 Å². The summed E-state index contributed by atoms with van der Waals surface area (Å²) >= 11 is 0. The molecule has 5 nitrogen and oxygen atoms in total. The van der Waals surface area contributed by atoms with Crippen molar-refractivity contribution in [2.45, 2.75) is 32.4 Å². The first-order valence-corrected chi connectivity index (χ1v) is 9.96. The van der Waals surface area contributed by atoms with Crippen LogP contribution in [0.25, 0.3) is 0 Å². The SMILES string of the molecule is CCC(=O)N(CCN1CCC(N(C)Cc2ccccc2)C1)c1ncccc1F. The number of carbonyl (C=O) groups excluding carboxylic acids is 1. The van der Waals surface area contributed by atoms with Crippen LogP contribution in [-0.2, 0) is 11.3 Å². The summed E-state index contributed by atoms with van der Waals surface area (Å²) in [4.78, 5) is 22.6. The molecule has 1 aromatic heterocycles. The van der Waals surface area contributed by atoms with E-state index >= 15 is 0 Å². The predicted octanol–water partition coefficient (Wildman–Crippen LogP) is 3.17. The molecule has 1 fully saturated rings. The summed E-state index contributed by atoms with van der Waals surface area (Å²) in [6.45, 7) is 5.84. The molecule has 2 aromatic rings. The minimum atomic E-state index is -0.453. The molecule has 1 aromatic carbocycles. The number of carbonyl (C=O) groups is 1. The van der Waals surface area contributed by atoms with E-state index in [2.05, 4.69) is 46.1 Å². The molecule has 2 heterocycles. The molecule has 0 saturated carbocycles. The van der Waals surface area contributed by atoms with Gasteiger partial charge in [0.25, 0.3) is 0 Å². The topological polar surface area (TPSA) is 39.7 Å². The van der Waals surface area contributed by atoms with E-state index in [-0.39, 0.29) is 11.7 Å². The second kappa shape index (κ2) is 9.75. The fraction of sp³-hybridized carbons (Fsp3) is 0.455. The van der Waals surface area contributed by atoms with Crippen LogP contribution >= 0.6 is 0 Å². The van der Waals surface area contributed by atoms with E-state index in [9.17, 15) is 9.18 Å². The number of anilines is 1. The Kier molecular flexibility index (Phi) is 7.12. The number of aromatic nitrogens is 1. The molecule has 0 radical (unpaired) electrons. The molecule has 1 unspecified atom stereocenters. The number of hydrogen-bond acceptors (Lipinski definition) is 4. The number of halogens is 1. The highest BCUT2D eigenvalue weighted by atomic mass is 19.1. The molecule has 0 bridgehead atoms. The van der Waals surface area contributed by atoms with Gasteiger partial charge in [0.05, 0.1) is 0 Å². The van der Waals surface area contributed by atoms with Crippen LogP contribution in [0.15, 0.2) is 48.7 Å². The monoisotopic (exact) mass is 384 g/mol. The molecule has 0 spiro atoms. The van der Waals surface area contributed by atoms with Crippen molar-refractivity contribution in [3.8, 4) is 0 Å². The smallest absolute Gasteiger partial charge is 0.227 e. The second-order valence-electron chi connectivity index (χ2n) is 7.35. The Morgan fingerprint density at radius 1 is 1.25 bits per heavy atom. The Balaban J connectivity index is 1.55. The summed E-state index contributed by atoms with van der Waals surface area (Å²) in [5.74, 6) is -0.424. The lowest BCUT2D eigenvalue weighted by molar-refractivity contribution is -0.118. The number of benzene rings is 1. The Bertz CT molecular complexity index is 770. The summed E-state index contributed by atoms with van der Waals surface area (Å²) in [5, 5.41) is 0. The van der Waals surface area contributed by atoms with Crippen molar-refractivity contribution in [1.29, 1.82) is 0 Å². The van der Waals surface area contributed by atoms with Crippen molar-refractivity contribution < 1.29 is 9.18 Å². The minimum Gasteiger partial charge on any atom is -0.300 e. The van der Waals surface area contributed by atoms with Gasteiger partial charge in [0.1, 0.15) is 0 Å². The van der Waals surface area contributed by atoms with Gasteiger partial charge in [-0.1, -0.05) is 37.3 Å². The number of rotatable bonds is 8. The molecule has 0 aliphatic carbocycles. The first kappa shape index (κ1) is 20.4. The highest BCUT2D eigenvalue weighted by Gasteiger charge is 2.27. The van der Waals surface area contributed by atoms with Crippen molar-refractivity contribution >= 4 is 11.7 Å².